The maximum Gasteiger partial charge on any atom is 0.228 e. The lowest BCUT2D eigenvalue weighted by atomic mass is 10.1. The number of aromatic nitrogens is 2. The highest BCUT2D eigenvalue weighted by Gasteiger charge is 2.10. The molecule has 0 spiro atoms. The minimum absolute atomic E-state index is 0.272. The fourth-order valence-corrected chi connectivity index (χ4v) is 1.59. The molecule has 1 aromatic heterocycles. The van der Waals surface area contributed by atoms with Crippen molar-refractivity contribution < 1.29 is 8.91 Å². The summed E-state index contributed by atoms with van der Waals surface area (Å²) in [6, 6.07) is 4.45. The Hall–Kier alpha value is -1.42. The Morgan fingerprint density at radius 1 is 1.44 bits per heavy atom. The highest BCUT2D eigenvalue weighted by molar-refractivity contribution is 6.17. The van der Waals surface area contributed by atoms with E-state index in [9.17, 15) is 4.39 Å². The molecule has 0 aliphatic carbocycles. The summed E-state index contributed by atoms with van der Waals surface area (Å²) in [5.74, 6) is 1.13. The summed E-state index contributed by atoms with van der Waals surface area (Å²) >= 11 is 5.57. The Morgan fingerprint density at radius 3 is 2.94 bits per heavy atom. The topological polar surface area (TPSA) is 38.9 Å². The van der Waals surface area contributed by atoms with Crippen LogP contribution in [0.5, 0.6) is 0 Å². The SMILES string of the molecule is Cc1cc(F)ccc1-c1noc(CCCl)n1. The summed E-state index contributed by atoms with van der Waals surface area (Å²) in [6.45, 7) is 1.80. The van der Waals surface area contributed by atoms with Crippen molar-refractivity contribution in [2.75, 3.05) is 5.88 Å². The van der Waals surface area contributed by atoms with Crippen LogP contribution >= 0.6 is 11.6 Å². The van der Waals surface area contributed by atoms with Crippen LogP contribution in [0.3, 0.4) is 0 Å². The first-order chi connectivity index (χ1) is 7.70. The van der Waals surface area contributed by atoms with E-state index in [0.29, 0.717) is 24.0 Å². The Balaban J connectivity index is 2.35. The van der Waals surface area contributed by atoms with E-state index in [0.717, 1.165) is 11.1 Å². The molecule has 0 unspecified atom stereocenters. The number of benzene rings is 1. The number of nitrogens with zero attached hydrogens (tertiary/aromatic N) is 2. The molecular formula is C11H10ClFN2O. The smallest absolute Gasteiger partial charge is 0.228 e. The van der Waals surface area contributed by atoms with Crippen molar-refractivity contribution in [3.63, 3.8) is 0 Å². The van der Waals surface area contributed by atoms with Gasteiger partial charge in [-0.05, 0) is 30.7 Å². The van der Waals surface area contributed by atoms with Crippen LogP contribution in [-0.2, 0) is 6.42 Å². The molecule has 0 aliphatic rings. The quantitative estimate of drug-likeness (QED) is 0.775. The zero-order chi connectivity index (χ0) is 11.5. The van der Waals surface area contributed by atoms with Gasteiger partial charge in [0.2, 0.25) is 11.7 Å². The van der Waals surface area contributed by atoms with Gasteiger partial charge in [0.1, 0.15) is 5.82 Å². The number of hydrogen-bond acceptors (Lipinski definition) is 3. The van der Waals surface area contributed by atoms with Gasteiger partial charge in [-0.1, -0.05) is 5.16 Å². The summed E-state index contributed by atoms with van der Waals surface area (Å²) in [6.07, 6.45) is 0.537. The monoisotopic (exact) mass is 240 g/mol. The number of aryl methyl sites for hydroxylation is 2. The third-order valence-electron chi connectivity index (χ3n) is 2.21. The van der Waals surface area contributed by atoms with Crippen LogP contribution in [0.15, 0.2) is 22.7 Å². The fourth-order valence-electron chi connectivity index (χ4n) is 1.42. The molecule has 0 aliphatic heterocycles. The van der Waals surface area contributed by atoms with E-state index in [4.69, 9.17) is 16.1 Å². The van der Waals surface area contributed by atoms with Crippen LogP contribution in [0.25, 0.3) is 11.4 Å². The molecular weight excluding hydrogens is 231 g/mol. The predicted molar refractivity (Wildman–Crippen MR) is 58.9 cm³/mol. The van der Waals surface area contributed by atoms with Gasteiger partial charge in [-0.2, -0.15) is 4.98 Å². The molecule has 0 radical (unpaired) electrons. The maximum atomic E-state index is 12.9. The fraction of sp³-hybridized carbons (Fsp3) is 0.273. The lowest BCUT2D eigenvalue weighted by molar-refractivity contribution is 0.383. The number of halogens is 2. The van der Waals surface area contributed by atoms with Gasteiger partial charge < -0.3 is 4.52 Å². The van der Waals surface area contributed by atoms with E-state index < -0.39 is 0 Å². The second-order valence-corrected chi connectivity index (χ2v) is 3.79. The van der Waals surface area contributed by atoms with Gasteiger partial charge in [0, 0.05) is 17.9 Å². The molecule has 0 amide bonds. The zero-order valence-electron chi connectivity index (χ0n) is 8.70. The van der Waals surface area contributed by atoms with Crippen LogP contribution in [0.2, 0.25) is 0 Å². The third-order valence-corrected chi connectivity index (χ3v) is 2.39. The van der Waals surface area contributed by atoms with E-state index in [1.54, 1.807) is 13.0 Å². The molecule has 0 N–H and O–H groups in total. The molecule has 5 heteroatoms. The minimum Gasteiger partial charge on any atom is -0.339 e. The maximum absolute atomic E-state index is 12.9. The average Bonchev–Trinajstić information content (AvgIpc) is 2.67. The van der Waals surface area contributed by atoms with Crippen molar-refractivity contribution in [3.05, 3.63) is 35.5 Å². The predicted octanol–water partition coefficient (Wildman–Crippen LogP) is 2.97. The lowest BCUT2D eigenvalue weighted by Crippen LogP contribution is -1.89. The van der Waals surface area contributed by atoms with Gasteiger partial charge in [-0.3, -0.25) is 0 Å². The van der Waals surface area contributed by atoms with Gasteiger partial charge in [0.05, 0.1) is 0 Å². The van der Waals surface area contributed by atoms with E-state index in [2.05, 4.69) is 10.1 Å². The van der Waals surface area contributed by atoms with E-state index in [-0.39, 0.29) is 5.82 Å². The Morgan fingerprint density at radius 2 is 2.25 bits per heavy atom. The highest BCUT2D eigenvalue weighted by Crippen LogP contribution is 2.21. The Bertz CT molecular complexity index is 498. The minimum atomic E-state index is -0.272. The lowest BCUT2D eigenvalue weighted by Gasteiger charge is -1.99. The second-order valence-electron chi connectivity index (χ2n) is 3.41. The van der Waals surface area contributed by atoms with Crippen LogP contribution in [0.1, 0.15) is 11.5 Å². The van der Waals surface area contributed by atoms with Gasteiger partial charge in [0.25, 0.3) is 0 Å². The van der Waals surface area contributed by atoms with Crippen molar-refractivity contribution in [1.29, 1.82) is 0 Å². The van der Waals surface area contributed by atoms with Crippen LogP contribution in [0.4, 0.5) is 4.39 Å². The molecule has 2 aromatic rings. The number of alkyl halides is 1. The van der Waals surface area contributed by atoms with Crippen LogP contribution in [-0.4, -0.2) is 16.0 Å². The standard InChI is InChI=1S/C11H10ClFN2O/c1-7-6-8(13)2-3-9(7)11-14-10(4-5-12)16-15-11/h2-3,6H,4-5H2,1H3. The van der Waals surface area contributed by atoms with E-state index in [1.807, 2.05) is 0 Å². The molecule has 3 nitrogen and oxygen atoms in total. The molecule has 0 atom stereocenters. The molecule has 0 fully saturated rings. The zero-order valence-corrected chi connectivity index (χ0v) is 9.46. The van der Waals surface area contributed by atoms with Crippen LogP contribution in [0, 0.1) is 12.7 Å². The summed E-state index contributed by atoms with van der Waals surface area (Å²) in [7, 11) is 0. The molecule has 0 bridgehead atoms. The summed E-state index contributed by atoms with van der Waals surface area (Å²) in [4.78, 5) is 4.18. The third kappa shape index (κ3) is 2.22. The van der Waals surface area contributed by atoms with Crippen molar-refractivity contribution >= 4 is 11.6 Å². The number of hydrogen-bond donors (Lipinski definition) is 0. The largest absolute Gasteiger partial charge is 0.339 e. The first-order valence-electron chi connectivity index (χ1n) is 4.86. The molecule has 84 valence electrons. The second kappa shape index (κ2) is 4.61. The first kappa shape index (κ1) is 11.1. The number of rotatable bonds is 3. The summed E-state index contributed by atoms with van der Waals surface area (Å²) < 4.78 is 17.9. The van der Waals surface area contributed by atoms with Crippen molar-refractivity contribution in [1.82, 2.24) is 10.1 Å². The van der Waals surface area contributed by atoms with Crippen molar-refractivity contribution in [2.45, 2.75) is 13.3 Å². The molecule has 1 heterocycles. The van der Waals surface area contributed by atoms with Gasteiger partial charge in [-0.15, -0.1) is 11.6 Å². The van der Waals surface area contributed by atoms with Gasteiger partial charge in [-0.25, -0.2) is 4.39 Å². The van der Waals surface area contributed by atoms with E-state index in [1.165, 1.54) is 12.1 Å². The van der Waals surface area contributed by atoms with Crippen LogP contribution < -0.4 is 0 Å². The van der Waals surface area contributed by atoms with Crippen molar-refractivity contribution in [2.24, 2.45) is 0 Å². The van der Waals surface area contributed by atoms with Gasteiger partial charge >= 0.3 is 0 Å². The molecule has 0 saturated carbocycles. The summed E-state index contributed by atoms with van der Waals surface area (Å²) in [5, 5.41) is 3.83. The highest BCUT2D eigenvalue weighted by atomic mass is 35.5. The Labute approximate surface area is 97.2 Å². The normalized spacial score (nSPS) is 10.7. The molecule has 16 heavy (non-hydrogen) atoms. The van der Waals surface area contributed by atoms with E-state index >= 15 is 0 Å². The molecule has 2 rings (SSSR count). The molecule has 0 saturated heterocycles. The molecule has 1 aromatic carbocycles. The Kier molecular flexibility index (Phi) is 3.19. The van der Waals surface area contributed by atoms with Crippen molar-refractivity contribution in [3.8, 4) is 11.4 Å². The van der Waals surface area contributed by atoms with Gasteiger partial charge in [0.15, 0.2) is 0 Å². The summed E-state index contributed by atoms with van der Waals surface area (Å²) in [5.41, 5.74) is 1.55. The average molecular weight is 241 g/mol. The first-order valence-corrected chi connectivity index (χ1v) is 5.39.